The Hall–Kier alpha value is -1.91. The molecule has 100 valence electrons. The number of nitrogens with zero attached hydrogens (tertiary/aromatic N) is 3. The molecule has 5 heteroatoms. The summed E-state index contributed by atoms with van der Waals surface area (Å²) in [5.41, 5.74) is 2.22. The molecular weight excluding hydrogens is 240 g/mol. The molecule has 0 radical (unpaired) electrons. The van der Waals surface area contributed by atoms with Gasteiger partial charge in [0.2, 0.25) is 0 Å². The van der Waals surface area contributed by atoms with Crippen molar-refractivity contribution in [1.82, 2.24) is 20.3 Å². The van der Waals surface area contributed by atoms with Crippen LogP contribution in [-0.4, -0.2) is 39.3 Å². The number of carbonyl (C=O) groups is 1. The van der Waals surface area contributed by atoms with E-state index in [1.165, 1.54) is 19.3 Å². The normalized spacial score (nSPS) is 16.7. The highest BCUT2D eigenvalue weighted by Crippen LogP contribution is 2.23. The van der Waals surface area contributed by atoms with Crippen molar-refractivity contribution in [2.24, 2.45) is 0 Å². The molecule has 3 rings (SSSR count). The molecule has 0 saturated heterocycles. The third-order valence-electron chi connectivity index (χ3n) is 4.01. The van der Waals surface area contributed by atoms with Crippen LogP contribution >= 0.6 is 0 Å². The summed E-state index contributed by atoms with van der Waals surface area (Å²) in [5, 5.41) is 10.6. The van der Waals surface area contributed by atoms with Gasteiger partial charge < -0.3 is 4.90 Å². The van der Waals surface area contributed by atoms with Crippen LogP contribution in [0.4, 0.5) is 0 Å². The molecule has 0 atom stereocenters. The molecule has 0 spiro atoms. The summed E-state index contributed by atoms with van der Waals surface area (Å²) in [4.78, 5) is 14.4. The lowest BCUT2D eigenvalue weighted by Crippen LogP contribution is -2.38. The molecule has 1 amide bonds. The van der Waals surface area contributed by atoms with Crippen LogP contribution in [0.25, 0.3) is 11.0 Å². The van der Waals surface area contributed by atoms with Gasteiger partial charge in [-0.3, -0.25) is 4.79 Å². The lowest BCUT2D eigenvalue weighted by atomic mass is 9.94. The summed E-state index contributed by atoms with van der Waals surface area (Å²) in [5.74, 6) is 0.0804. The van der Waals surface area contributed by atoms with Crippen molar-refractivity contribution in [1.29, 1.82) is 0 Å². The van der Waals surface area contributed by atoms with Gasteiger partial charge in [-0.25, -0.2) is 0 Å². The summed E-state index contributed by atoms with van der Waals surface area (Å²) in [6.07, 6.45) is 5.99. The molecule has 0 bridgehead atoms. The molecule has 1 saturated carbocycles. The van der Waals surface area contributed by atoms with E-state index in [1.807, 2.05) is 24.1 Å². The van der Waals surface area contributed by atoms with Crippen molar-refractivity contribution in [3.8, 4) is 0 Å². The van der Waals surface area contributed by atoms with Crippen molar-refractivity contribution in [2.45, 2.75) is 38.1 Å². The number of aromatic nitrogens is 3. The van der Waals surface area contributed by atoms with E-state index in [4.69, 9.17) is 0 Å². The first-order chi connectivity index (χ1) is 9.25. The molecule has 1 aliphatic rings. The van der Waals surface area contributed by atoms with Crippen LogP contribution in [-0.2, 0) is 0 Å². The van der Waals surface area contributed by atoms with Crippen molar-refractivity contribution in [3.05, 3.63) is 23.8 Å². The molecule has 1 aliphatic carbocycles. The van der Waals surface area contributed by atoms with Gasteiger partial charge in [0.15, 0.2) is 0 Å². The first-order valence-electron chi connectivity index (χ1n) is 6.83. The number of fused-ring (bicyclic) bond motifs is 1. The zero-order valence-corrected chi connectivity index (χ0v) is 11.1. The summed E-state index contributed by atoms with van der Waals surface area (Å²) < 4.78 is 0. The van der Waals surface area contributed by atoms with Crippen LogP contribution in [0.2, 0.25) is 0 Å². The number of benzene rings is 1. The second-order valence-corrected chi connectivity index (χ2v) is 5.23. The van der Waals surface area contributed by atoms with E-state index < -0.39 is 0 Å². The Morgan fingerprint density at radius 2 is 1.95 bits per heavy atom. The molecule has 1 heterocycles. The number of nitrogens with one attached hydrogen (secondary N) is 1. The number of H-pyrrole nitrogens is 1. The van der Waals surface area contributed by atoms with Crippen LogP contribution in [0.1, 0.15) is 42.5 Å². The Balaban J connectivity index is 1.81. The van der Waals surface area contributed by atoms with Gasteiger partial charge in [-0.1, -0.05) is 19.3 Å². The number of hydrogen-bond donors (Lipinski definition) is 1. The monoisotopic (exact) mass is 258 g/mol. The summed E-state index contributed by atoms with van der Waals surface area (Å²) >= 11 is 0. The molecule has 2 aromatic rings. The van der Waals surface area contributed by atoms with E-state index in [-0.39, 0.29) is 5.91 Å². The van der Waals surface area contributed by atoms with E-state index in [2.05, 4.69) is 15.4 Å². The highest BCUT2D eigenvalue weighted by atomic mass is 16.2. The maximum Gasteiger partial charge on any atom is 0.253 e. The minimum absolute atomic E-state index is 0.0804. The molecule has 1 aromatic carbocycles. The van der Waals surface area contributed by atoms with Gasteiger partial charge in [-0.15, -0.1) is 0 Å². The lowest BCUT2D eigenvalue weighted by Gasteiger charge is -2.31. The molecule has 19 heavy (non-hydrogen) atoms. The predicted molar refractivity (Wildman–Crippen MR) is 72.9 cm³/mol. The first-order valence-corrected chi connectivity index (χ1v) is 6.83. The van der Waals surface area contributed by atoms with Gasteiger partial charge in [0, 0.05) is 18.7 Å². The van der Waals surface area contributed by atoms with Crippen LogP contribution in [0.15, 0.2) is 18.2 Å². The Morgan fingerprint density at radius 1 is 1.21 bits per heavy atom. The third-order valence-corrected chi connectivity index (χ3v) is 4.01. The highest BCUT2D eigenvalue weighted by Gasteiger charge is 2.23. The third kappa shape index (κ3) is 2.32. The first kappa shape index (κ1) is 12.1. The maximum absolute atomic E-state index is 12.5. The number of rotatable bonds is 2. The minimum Gasteiger partial charge on any atom is -0.339 e. The molecule has 5 nitrogen and oxygen atoms in total. The lowest BCUT2D eigenvalue weighted by molar-refractivity contribution is 0.0696. The van der Waals surface area contributed by atoms with Crippen molar-refractivity contribution in [3.63, 3.8) is 0 Å². The Labute approximate surface area is 112 Å². The second kappa shape index (κ2) is 4.99. The molecule has 1 N–H and O–H groups in total. The van der Waals surface area contributed by atoms with Crippen LogP contribution in [0.5, 0.6) is 0 Å². The summed E-state index contributed by atoms with van der Waals surface area (Å²) in [6, 6.07) is 5.85. The fraction of sp³-hybridized carbons (Fsp3) is 0.500. The SMILES string of the molecule is CN(C(=O)c1ccc2n[nH]nc2c1)C1CCCCC1. The summed E-state index contributed by atoms with van der Waals surface area (Å²) in [7, 11) is 1.91. The van der Waals surface area contributed by atoms with Gasteiger partial charge >= 0.3 is 0 Å². The number of aromatic amines is 1. The largest absolute Gasteiger partial charge is 0.339 e. The molecular formula is C14H18N4O. The van der Waals surface area contributed by atoms with E-state index in [0.717, 1.165) is 23.9 Å². The predicted octanol–water partition coefficient (Wildman–Crippen LogP) is 2.36. The second-order valence-electron chi connectivity index (χ2n) is 5.23. The van der Waals surface area contributed by atoms with Crippen LogP contribution < -0.4 is 0 Å². The smallest absolute Gasteiger partial charge is 0.253 e. The van der Waals surface area contributed by atoms with E-state index >= 15 is 0 Å². The Bertz CT molecular complexity index is 586. The van der Waals surface area contributed by atoms with E-state index in [9.17, 15) is 4.79 Å². The highest BCUT2D eigenvalue weighted by molar-refractivity contribution is 5.97. The zero-order valence-electron chi connectivity index (χ0n) is 11.1. The fourth-order valence-corrected chi connectivity index (χ4v) is 2.81. The fourth-order valence-electron chi connectivity index (χ4n) is 2.81. The Kier molecular flexibility index (Phi) is 3.19. The standard InChI is InChI=1S/C14H18N4O/c1-18(11-5-3-2-4-6-11)14(19)10-7-8-12-13(9-10)16-17-15-12/h7-9,11H,2-6H2,1H3,(H,15,16,17). The zero-order chi connectivity index (χ0) is 13.2. The molecule has 0 unspecified atom stereocenters. The average molecular weight is 258 g/mol. The van der Waals surface area contributed by atoms with Gasteiger partial charge in [0.05, 0.1) is 0 Å². The van der Waals surface area contributed by atoms with Crippen molar-refractivity contribution < 1.29 is 4.79 Å². The number of hydrogen-bond acceptors (Lipinski definition) is 3. The van der Waals surface area contributed by atoms with Crippen LogP contribution in [0.3, 0.4) is 0 Å². The van der Waals surface area contributed by atoms with Gasteiger partial charge in [-0.05, 0) is 31.0 Å². The van der Waals surface area contributed by atoms with Gasteiger partial charge in [0.1, 0.15) is 11.0 Å². The number of amides is 1. The number of carbonyl (C=O) groups excluding carboxylic acids is 1. The average Bonchev–Trinajstić information content (AvgIpc) is 2.94. The molecule has 0 aliphatic heterocycles. The molecule has 1 fully saturated rings. The van der Waals surface area contributed by atoms with Gasteiger partial charge in [0.25, 0.3) is 5.91 Å². The quantitative estimate of drug-likeness (QED) is 0.899. The van der Waals surface area contributed by atoms with E-state index in [1.54, 1.807) is 6.07 Å². The topological polar surface area (TPSA) is 61.9 Å². The van der Waals surface area contributed by atoms with Crippen molar-refractivity contribution >= 4 is 16.9 Å². The minimum atomic E-state index is 0.0804. The van der Waals surface area contributed by atoms with Crippen molar-refractivity contribution in [2.75, 3.05) is 7.05 Å². The summed E-state index contributed by atoms with van der Waals surface area (Å²) in [6.45, 7) is 0. The van der Waals surface area contributed by atoms with E-state index in [0.29, 0.717) is 11.6 Å². The Morgan fingerprint density at radius 3 is 2.74 bits per heavy atom. The van der Waals surface area contributed by atoms with Gasteiger partial charge in [-0.2, -0.15) is 15.4 Å². The molecule has 1 aromatic heterocycles. The van der Waals surface area contributed by atoms with Crippen LogP contribution in [0, 0.1) is 0 Å². The maximum atomic E-state index is 12.5.